The van der Waals surface area contributed by atoms with Crippen LogP contribution in [-0.4, -0.2) is 11.7 Å². The molecule has 0 fully saturated rings. The fraction of sp³-hybridized carbons (Fsp3) is 0.133. The van der Waals surface area contributed by atoms with E-state index in [9.17, 15) is 4.79 Å². The molecule has 0 bridgehead atoms. The number of rotatable bonds is 4. The minimum atomic E-state index is -0.0335. The van der Waals surface area contributed by atoms with Crippen molar-refractivity contribution in [1.82, 2.24) is 0 Å². The maximum Gasteiger partial charge on any atom is 0.234 e. The molecule has 2 aromatic carbocycles. The van der Waals surface area contributed by atoms with E-state index in [4.69, 9.17) is 11.6 Å². The number of carbonyl (C=O) groups is 1. The maximum absolute atomic E-state index is 11.8. The van der Waals surface area contributed by atoms with Crippen LogP contribution in [0.15, 0.2) is 53.4 Å². The standard InChI is InChI=1S/C15H14ClNOS/c1-11-6-8-12(9-7-11)17-15(18)10-19-14-5-3-2-4-13(14)16/h2-9H,10H2,1H3,(H,17,18). The summed E-state index contributed by atoms with van der Waals surface area (Å²) < 4.78 is 0. The Morgan fingerprint density at radius 3 is 2.53 bits per heavy atom. The molecule has 4 heteroatoms. The third-order valence-electron chi connectivity index (χ3n) is 2.53. The fourth-order valence-electron chi connectivity index (χ4n) is 1.54. The van der Waals surface area contributed by atoms with E-state index in [1.807, 2.05) is 55.5 Å². The van der Waals surface area contributed by atoms with Crippen molar-refractivity contribution in [3.63, 3.8) is 0 Å². The molecule has 1 N–H and O–H groups in total. The highest BCUT2D eigenvalue weighted by molar-refractivity contribution is 8.00. The zero-order valence-corrected chi connectivity index (χ0v) is 12.1. The molecule has 2 rings (SSSR count). The molecule has 0 aliphatic rings. The van der Waals surface area contributed by atoms with Gasteiger partial charge in [-0.1, -0.05) is 41.4 Å². The van der Waals surface area contributed by atoms with Gasteiger partial charge in [-0.2, -0.15) is 0 Å². The average molecular weight is 292 g/mol. The molecule has 0 unspecified atom stereocenters. The van der Waals surface area contributed by atoms with E-state index in [0.717, 1.165) is 10.6 Å². The SMILES string of the molecule is Cc1ccc(NC(=O)CSc2ccccc2Cl)cc1. The predicted molar refractivity (Wildman–Crippen MR) is 82.0 cm³/mol. The summed E-state index contributed by atoms with van der Waals surface area (Å²) in [4.78, 5) is 12.7. The number of aryl methyl sites for hydroxylation is 1. The van der Waals surface area contributed by atoms with Gasteiger partial charge in [-0.05, 0) is 31.2 Å². The second-order valence-electron chi connectivity index (χ2n) is 4.13. The van der Waals surface area contributed by atoms with Gasteiger partial charge in [0.2, 0.25) is 5.91 Å². The van der Waals surface area contributed by atoms with E-state index in [2.05, 4.69) is 5.32 Å². The Morgan fingerprint density at radius 2 is 1.84 bits per heavy atom. The van der Waals surface area contributed by atoms with Crippen LogP contribution in [0.2, 0.25) is 5.02 Å². The molecule has 2 aromatic rings. The largest absolute Gasteiger partial charge is 0.325 e. The highest BCUT2D eigenvalue weighted by Crippen LogP contribution is 2.26. The Morgan fingerprint density at radius 1 is 1.16 bits per heavy atom. The van der Waals surface area contributed by atoms with Crippen LogP contribution in [0.3, 0.4) is 0 Å². The number of hydrogen-bond donors (Lipinski definition) is 1. The molecule has 0 saturated heterocycles. The van der Waals surface area contributed by atoms with Gasteiger partial charge in [0.05, 0.1) is 10.8 Å². The van der Waals surface area contributed by atoms with Crippen molar-refractivity contribution in [2.75, 3.05) is 11.1 Å². The topological polar surface area (TPSA) is 29.1 Å². The monoisotopic (exact) mass is 291 g/mol. The molecule has 19 heavy (non-hydrogen) atoms. The number of benzene rings is 2. The van der Waals surface area contributed by atoms with Crippen molar-refractivity contribution in [3.05, 3.63) is 59.1 Å². The second-order valence-corrected chi connectivity index (χ2v) is 5.56. The zero-order valence-electron chi connectivity index (χ0n) is 10.5. The van der Waals surface area contributed by atoms with Gasteiger partial charge in [0.1, 0.15) is 0 Å². The third-order valence-corrected chi connectivity index (χ3v) is 4.05. The summed E-state index contributed by atoms with van der Waals surface area (Å²) in [5, 5.41) is 3.53. The van der Waals surface area contributed by atoms with Crippen LogP contribution >= 0.6 is 23.4 Å². The smallest absolute Gasteiger partial charge is 0.234 e. The van der Waals surface area contributed by atoms with Crippen molar-refractivity contribution in [1.29, 1.82) is 0 Å². The second kappa shape index (κ2) is 6.64. The molecule has 0 saturated carbocycles. The third kappa shape index (κ3) is 4.30. The Bertz CT molecular complexity index is 569. The molecule has 0 heterocycles. The van der Waals surface area contributed by atoms with Gasteiger partial charge in [0, 0.05) is 10.6 Å². The van der Waals surface area contributed by atoms with Crippen molar-refractivity contribution in [2.45, 2.75) is 11.8 Å². The number of nitrogens with one attached hydrogen (secondary N) is 1. The lowest BCUT2D eigenvalue weighted by atomic mass is 10.2. The highest BCUT2D eigenvalue weighted by atomic mass is 35.5. The summed E-state index contributed by atoms with van der Waals surface area (Å²) in [5.74, 6) is 0.311. The summed E-state index contributed by atoms with van der Waals surface area (Å²) in [6, 6.07) is 15.2. The molecule has 0 atom stereocenters. The first-order chi connectivity index (χ1) is 9.15. The van der Waals surface area contributed by atoms with Crippen LogP contribution in [0.5, 0.6) is 0 Å². The van der Waals surface area contributed by atoms with Crippen LogP contribution in [0.4, 0.5) is 5.69 Å². The van der Waals surface area contributed by atoms with Gasteiger partial charge in [-0.15, -0.1) is 11.8 Å². The predicted octanol–water partition coefficient (Wildman–Crippen LogP) is 4.38. The lowest BCUT2D eigenvalue weighted by Crippen LogP contribution is -2.13. The van der Waals surface area contributed by atoms with Gasteiger partial charge in [0.25, 0.3) is 0 Å². The molecule has 1 amide bonds. The number of carbonyl (C=O) groups excluding carboxylic acids is 1. The number of thioether (sulfide) groups is 1. The van der Waals surface area contributed by atoms with E-state index in [-0.39, 0.29) is 5.91 Å². The van der Waals surface area contributed by atoms with E-state index < -0.39 is 0 Å². The summed E-state index contributed by atoms with van der Waals surface area (Å²) >= 11 is 7.47. The first-order valence-electron chi connectivity index (χ1n) is 5.89. The summed E-state index contributed by atoms with van der Waals surface area (Å²) in [6.45, 7) is 2.01. The Balaban J connectivity index is 1.88. The summed E-state index contributed by atoms with van der Waals surface area (Å²) in [5.41, 5.74) is 1.98. The van der Waals surface area contributed by atoms with Crippen LogP contribution in [0.25, 0.3) is 0 Å². The highest BCUT2D eigenvalue weighted by Gasteiger charge is 2.05. The maximum atomic E-state index is 11.8. The minimum Gasteiger partial charge on any atom is -0.325 e. The molecule has 0 aliphatic heterocycles. The summed E-state index contributed by atoms with van der Waals surface area (Å²) in [7, 11) is 0. The molecular formula is C15H14ClNOS. The van der Waals surface area contributed by atoms with E-state index in [1.54, 1.807) is 0 Å². The van der Waals surface area contributed by atoms with Crippen LogP contribution in [-0.2, 0) is 4.79 Å². The Kier molecular flexibility index (Phi) is 4.88. The van der Waals surface area contributed by atoms with E-state index in [1.165, 1.54) is 17.3 Å². The average Bonchev–Trinajstić information content (AvgIpc) is 2.40. The quantitative estimate of drug-likeness (QED) is 0.847. The number of anilines is 1. The number of halogens is 1. The molecule has 0 aromatic heterocycles. The van der Waals surface area contributed by atoms with Gasteiger partial charge >= 0.3 is 0 Å². The first-order valence-corrected chi connectivity index (χ1v) is 7.25. The molecule has 0 aliphatic carbocycles. The van der Waals surface area contributed by atoms with Crippen molar-refractivity contribution in [3.8, 4) is 0 Å². The van der Waals surface area contributed by atoms with Crippen LogP contribution in [0.1, 0.15) is 5.56 Å². The van der Waals surface area contributed by atoms with E-state index in [0.29, 0.717) is 10.8 Å². The van der Waals surface area contributed by atoms with Gasteiger partial charge in [-0.25, -0.2) is 0 Å². The molecule has 2 nitrogen and oxygen atoms in total. The Labute approximate surface area is 122 Å². The molecular weight excluding hydrogens is 278 g/mol. The number of amides is 1. The van der Waals surface area contributed by atoms with Crippen molar-refractivity contribution in [2.24, 2.45) is 0 Å². The molecule has 0 radical (unpaired) electrons. The first kappa shape index (κ1) is 14.0. The molecule has 0 spiro atoms. The van der Waals surface area contributed by atoms with E-state index >= 15 is 0 Å². The lowest BCUT2D eigenvalue weighted by molar-refractivity contribution is -0.113. The van der Waals surface area contributed by atoms with Crippen molar-refractivity contribution < 1.29 is 4.79 Å². The number of hydrogen-bond acceptors (Lipinski definition) is 2. The van der Waals surface area contributed by atoms with Gasteiger partial charge in [0.15, 0.2) is 0 Å². The normalized spacial score (nSPS) is 10.2. The van der Waals surface area contributed by atoms with Gasteiger partial charge in [-0.3, -0.25) is 4.79 Å². The summed E-state index contributed by atoms with van der Waals surface area (Å²) in [6.07, 6.45) is 0. The van der Waals surface area contributed by atoms with Crippen LogP contribution in [0, 0.1) is 6.92 Å². The lowest BCUT2D eigenvalue weighted by Gasteiger charge is -2.06. The zero-order chi connectivity index (χ0) is 13.7. The van der Waals surface area contributed by atoms with Gasteiger partial charge < -0.3 is 5.32 Å². The Hall–Kier alpha value is -1.45. The minimum absolute atomic E-state index is 0.0335. The van der Waals surface area contributed by atoms with Crippen molar-refractivity contribution >= 4 is 35.0 Å². The fourth-order valence-corrected chi connectivity index (χ4v) is 2.58. The molecule has 98 valence electrons. The van der Waals surface area contributed by atoms with Crippen LogP contribution < -0.4 is 5.32 Å².